The van der Waals surface area contributed by atoms with Gasteiger partial charge in [0.05, 0.1) is 18.9 Å². The van der Waals surface area contributed by atoms with E-state index in [1.165, 1.54) is 37.6 Å². The molecule has 0 radical (unpaired) electrons. The average Bonchev–Trinajstić information content (AvgIpc) is 2.50. The first-order valence-electron chi connectivity index (χ1n) is 6.17. The van der Waals surface area contributed by atoms with E-state index in [9.17, 15) is 14.3 Å². The first-order valence-corrected chi connectivity index (χ1v) is 6.96. The zero-order valence-corrected chi connectivity index (χ0v) is 13.1. The van der Waals surface area contributed by atoms with E-state index in [1.807, 2.05) is 0 Å². The summed E-state index contributed by atoms with van der Waals surface area (Å²) in [6.07, 6.45) is 1.32. The van der Waals surface area contributed by atoms with Crippen LogP contribution in [0.5, 0.6) is 11.5 Å². The van der Waals surface area contributed by atoms with Crippen molar-refractivity contribution in [1.82, 2.24) is 5.43 Å². The molecule has 0 fully saturated rings. The number of carbonyl (C=O) groups excluding carboxylic acids is 1. The summed E-state index contributed by atoms with van der Waals surface area (Å²) < 4.78 is 19.0. The molecule has 0 aliphatic rings. The first-order chi connectivity index (χ1) is 10.5. The molecule has 7 heteroatoms. The molecule has 114 valence electrons. The van der Waals surface area contributed by atoms with E-state index in [4.69, 9.17) is 4.74 Å². The van der Waals surface area contributed by atoms with Crippen LogP contribution in [0.2, 0.25) is 0 Å². The summed E-state index contributed by atoms with van der Waals surface area (Å²) in [6, 6.07) is 8.58. The Balaban J connectivity index is 2.12. The van der Waals surface area contributed by atoms with Gasteiger partial charge < -0.3 is 9.84 Å². The van der Waals surface area contributed by atoms with E-state index >= 15 is 0 Å². The molecule has 2 N–H and O–H groups in total. The lowest BCUT2D eigenvalue weighted by molar-refractivity contribution is 0.0951. The summed E-state index contributed by atoms with van der Waals surface area (Å²) in [5.41, 5.74) is 2.64. The number of hydrogen-bond donors (Lipinski definition) is 2. The van der Waals surface area contributed by atoms with Gasteiger partial charge in [-0.25, -0.2) is 9.82 Å². The third kappa shape index (κ3) is 3.62. The van der Waals surface area contributed by atoms with Gasteiger partial charge in [-0.05, 0) is 40.2 Å². The lowest BCUT2D eigenvalue weighted by Crippen LogP contribution is -2.18. The number of amides is 1. The highest BCUT2D eigenvalue weighted by Crippen LogP contribution is 2.31. The molecule has 0 saturated heterocycles. The zero-order chi connectivity index (χ0) is 16.1. The van der Waals surface area contributed by atoms with Crippen LogP contribution in [0.15, 0.2) is 46.0 Å². The maximum absolute atomic E-state index is 13.4. The molecule has 2 rings (SSSR count). The van der Waals surface area contributed by atoms with Gasteiger partial charge >= 0.3 is 0 Å². The highest BCUT2D eigenvalue weighted by atomic mass is 79.9. The average molecular weight is 367 g/mol. The molecule has 0 aliphatic carbocycles. The molecule has 0 aliphatic heterocycles. The number of halogens is 2. The number of rotatable bonds is 4. The summed E-state index contributed by atoms with van der Waals surface area (Å²) in [5.74, 6) is -1.05. The van der Waals surface area contributed by atoms with Crippen molar-refractivity contribution in [3.05, 3.63) is 57.8 Å². The predicted octanol–water partition coefficient (Wildman–Crippen LogP) is 3.07. The van der Waals surface area contributed by atoms with Crippen molar-refractivity contribution >= 4 is 28.1 Å². The molecule has 0 atom stereocenters. The van der Waals surface area contributed by atoms with Crippen LogP contribution in [-0.4, -0.2) is 24.3 Å². The highest BCUT2D eigenvalue weighted by Gasteiger charge is 2.10. The Labute approximate surface area is 134 Å². The van der Waals surface area contributed by atoms with Crippen LogP contribution in [0, 0.1) is 5.82 Å². The lowest BCUT2D eigenvalue weighted by atomic mass is 10.2. The van der Waals surface area contributed by atoms with Crippen molar-refractivity contribution in [3.63, 3.8) is 0 Å². The molecular weight excluding hydrogens is 355 g/mol. The fourth-order valence-corrected chi connectivity index (χ4v) is 2.11. The Kier molecular flexibility index (Phi) is 5.11. The molecule has 0 unspecified atom stereocenters. The van der Waals surface area contributed by atoms with Crippen LogP contribution in [-0.2, 0) is 0 Å². The minimum absolute atomic E-state index is 0.0624. The molecule has 0 aromatic heterocycles. The molecule has 2 aromatic carbocycles. The maximum Gasteiger partial charge on any atom is 0.274 e. The lowest BCUT2D eigenvalue weighted by Gasteiger charge is -2.06. The smallest absolute Gasteiger partial charge is 0.274 e. The number of hydrogen-bond acceptors (Lipinski definition) is 4. The number of nitrogens with zero attached hydrogens (tertiary/aromatic N) is 1. The van der Waals surface area contributed by atoms with Crippen molar-refractivity contribution < 1.29 is 19.0 Å². The third-order valence-corrected chi connectivity index (χ3v) is 3.47. The standard InChI is InChI=1S/C15H12BrFN2O3/c1-22-14-7-11(16)9(6-13(14)20)8-18-19-15(21)10-4-2-3-5-12(10)17/h2-8,20H,1H3,(H,19,21)/b18-8-. The van der Waals surface area contributed by atoms with Crippen molar-refractivity contribution in [2.75, 3.05) is 7.11 Å². The molecule has 1 amide bonds. The summed E-state index contributed by atoms with van der Waals surface area (Å²) >= 11 is 3.29. The largest absolute Gasteiger partial charge is 0.504 e. The predicted molar refractivity (Wildman–Crippen MR) is 83.8 cm³/mol. The number of hydrazone groups is 1. The molecule has 0 saturated carbocycles. The fourth-order valence-electron chi connectivity index (χ4n) is 1.69. The van der Waals surface area contributed by atoms with Crippen LogP contribution in [0.3, 0.4) is 0 Å². The number of ether oxygens (including phenoxy) is 1. The van der Waals surface area contributed by atoms with Gasteiger partial charge in [-0.3, -0.25) is 4.79 Å². The number of carbonyl (C=O) groups is 1. The highest BCUT2D eigenvalue weighted by molar-refractivity contribution is 9.10. The SMILES string of the molecule is COc1cc(Br)c(/C=N\NC(=O)c2ccccc2F)cc1O. The van der Waals surface area contributed by atoms with Crippen LogP contribution in [0.1, 0.15) is 15.9 Å². The molecule has 2 aromatic rings. The van der Waals surface area contributed by atoms with Crippen LogP contribution in [0.25, 0.3) is 0 Å². The van der Waals surface area contributed by atoms with E-state index in [-0.39, 0.29) is 11.3 Å². The van der Waals surface area contributed by atoms with Crippen molar-refractivity contribution in [1.29, 1.82) is 0 Å². The fraction of sp³-hybridized carbons (Fsp3) is 0.0667. The van der Waals surface area contributed by atoms with Gasteiger partial charge in [-0.2, -0.15) is 5.10 Å². The zero-order valence-electron chi connectivity index (χ0n) is 11.5. The summed E-state index contributed by atoms with van der Waals surface area (Å²) in [4.78, 5) is 11.8. The van der Waals surface area contributed by atoms with Gasteiger partial charge in [0.15, 0.2) is 11.5 Å². The summed E-state index contributed by atoms with van der Waals surface area (Å²) in [6.45, 7) is 0. The van der Waals surface area contributed by atoms with Gasteiger partial charge in [0.2, 0.25) is 0 Å². The number of benzene rings is 2. The quantitative estimate of drug-likeness (QED) is 0.645. The van der Waals surface area contributed by atoms with Crippen molar-refractivity contribution in [2.45, 2.75) is 0 Å². The van der Waals surface area contributed by atoms with Crippen LogP contribution >= 0.6 is 15.9 Å². The van der Waals surface area contributed by atoms with Gasteiger partial charge in [-0.1, -0.05) is 12.1 Å². The second-order valence-corrected chi connectivity index (χ2v) is 5.08. The molecule has 5 nitrogen and oxygen atoms in total. The summed E-state index contributed by atoms with van der Waals surface area (Å²) in [5, 5.41) is 13.4. The monoisotopic (exact) mass is 366 g/mol. The Morgan fingerprint density at radius 3 is 2.82 bits per heavy atom. The third-order valence-electron chi connectivity index (χ3n) is 2.79. The second-order valence-electron chi connectivity index (χ2n) is 4.22. The second kappa shape index (κ2) is 7.04. The molecule has 0 spiro atoms. The van der Waals surface area contributed by atoms with E-state index < -0.39 is 11.7 Å². The molecule has 0 heterocycles. The number of aromatic hydroxyl groups is 1. The topological polar surface area (TPSA) is 70.9 Å². The van der Waals surface area contributed by atoms with E-state index in [2.05, 4.69) is 26.5 Å². The van der Waals surface area contributed by atoms with Crippen LogP contribution < -0.4 is 10.2 Å². The van der Waals surface area contributed by atoms with Crippen molar-refractivity contribution in [2.24, 2.45) is 5.10 Å². The van der Waals surface area contributed by atoms with E-state index in [0.29, 0.717) is 15.8 Å². The van der Waals surface area contributed by atoms with E-state index in [0.717, 1.165) is 0 Å². The normalized spacial score (nSPS) is 10.7. The Morgan fingerprint density at radius 2 is 2.14 bits per heavy atom. The number of nitrogens with one attached hydrogen (secondary N) is 1. The van der Waals surface area contributed by atoms with Gasteiger partial charge in [0, 0.05) is 10.0 Å². The summed E-state index contributed by atoms with van der Waals surface area (Å²) in [7, 11) is 1.43. The van der Waals surface area contributed by atoms with Gasteiger partial charge in [0.1, 0.15) is 5.82 Å². The maximum atomic E-state index is 13.4. The minimum atomic E-state index is -0.664. The number of phenols is 1. The number of phenolic OH excluding ortho intramolecular Hbond substituents is 1. The molecule has 0 bridgehead atoms. The van der Waals surface area contributed by atoms with Crippen molar-refractivity contribution in [3.8, 4) is 11.5 Å². The Hall–Kier alpha value is -2.41. The van der Waals surface area contributed by atoms with Gasteiger partial charge in [-0.15, -0.1) is 0 Å². The number of methoxy groups -OCH3 is 1. The Morgan fingerprint density at radius 1 is 1.41 bits per heavy atom. The van der Waals surface area contributed by atoms with Gasteiger partial charge in [0.25, 0.3) is 5.91 Å². The van der Waals surface area contributed by atoms with E-state index in [1.54, 1.807) is 12.1 Å². The minimum Gasteiger partial charge on any atom is -0.504 e. The first kappa shape index (κ1) is 16.0. The molecule has 22 heavy (non-hydrogen) atoms. The molecular formula is C15H12BrFN2O3. The van der Waals surface area contributed by atoms with Crippen LogP contribution in [0.4, 0.5) is 4.39 Å². The Bertz CT molecular complexity index is 735.